The number of aliphatic hydroxyl groups is 1. The number of nitrogens with one attached hydrogen (secondary N) is 2. The molecule has 328 valence electrons. The van der Waals surface area contributed by atoms with Gasteiger partial charge >= 0.3 is 0 Å². The van der Waals surface area contributed by atoms with Gasteiger partial charge in [0, 0.05) is 82.4 Å². The number of hydrogen-bond acceptors (Lipinski definition) is 12. The van der Waals surface area contributed by atoms with Crippen molar-refractivity contribution in [3.63, 3.8) is 0 Å². The van der Waals surface area contributed by atoms with E-state index in [1.54, 1.807) is 24.3 Å². The molecule has 0 aliphatic carbocycles. The number of anilines is 4. The highest BCUT2D eigenvalue weighted by Crippen LogP contribution is 2.36. The van der Waals surface area contributed by atoms with Gasteiger partial charge in [-0.25, -0.2) is 4.39 Å². The Kier molecular flexibility index (Phi) is 12.8. The van der Waals surface area contributed by atoms with Crippen LogP contribution in [-0.4, -0.2) is 101 Å². The number of carbonyl (C=O) groups excluding carboxylic acids is 3. The van der Waals surface area contributed by atoms with Crippen molar-refractivity contribution in [2.45, 2.75) is 82.3 Å². The van der Waals surface area contributed by atoms with Crippen LogP contribution in [0.1, 0.15) is 76.2 Å². The van der Waals surface area contributed by atoms with Crippen LogP contribution in [0.15, 0.2) is 72.8 Å². The largest absolute Gasteiger partial charge is 0.507 e. The first-order valence-corrected chi connectivity index (χ1v) is 21.9. The molecule has 3 amide bonds. The molecule has 4 aromatic rings. The van der Waals surface area contributed by atoms with Crippen LogP contribution in [0.5, 0.6) is 11.5 Å². The van der Waals surface area contributed by atoms with Crippen LogP contribution in [-0.2, 0) is 14.4 Å². The monoisotopic (exact) mass is 848 g/mol. The molecule has 1 unspecified atom stereocenters. The molecule has 4 aliphatic rings. The fraction of sp³-hybridized carbons (Fsp3) is 0.468. The highest BCUT2D eigenvalue weighted by Gasteiger charge is 2.38. The van der Waals surface area contributed by atoms with Gasteiger partial charge in [0.25, 0.3) is 0 Å². The van der Waals surface area contributed by atoms with Crippen molar-refractivity contribution in [3.8, 4) is 22.8 Å². The van der Waals surface area contributed by atoms with Gasteiger partial charge in [-0.05, 0) is 92.0 Å². The molecule has 8 rings (SSSR count). The predicted molar refractivity (Wildman–Crippen MR) is 235 cm³/mol. The Balaban J connectivity index is 0.792. The van der Waals surface area contributed by atoms with Crippen LogP contribution in [0.2, 0.25) is 0 Å². The van der Waals surface area contributed by atoms with Crippen molar-refractivity contribution >= 4 is 40.6 Å². The number of aromatic hydroxyl groups is 1. The van der Waals surface area contributed by atoms with Gasteiger partial charge in [-0.1, -0.05) is 31.2 Å². The zero-order valence-corrected chi connectivity index (χ0v) is 35.3. The Labute approximate surface area is 361 Å². The van der Waals surface area contributed by atoms with Gasteiger partial charge in [0.05, 0.1) is 35.0 Å². The van der Waals surface area contributed by atoms with E-state index in [9.17, 15) is 24.6 Å². The van der Waals surface area contributed by atoms with Crippen molar-refractivity contribution in [1.82, 2.24) is 20.4 Å². The number of para-hydroxylation sites is 1. The third-order valence-corrected chi connectivity index (χ3v) is 13.1. The van der Waals surface area contributed by atoms with E-state index in [1.165, 1.54) is 6.07 Å². The van der Waals surface area contributed by atoms with Crippen molar-refractivity contribution in [1.29, 1.82) is 0 Å². The molecule has 0 bridgehead atoms. The summed E-state index contributed by atoms with van der Waals surface area (Å²) < 4.78 is 21.7. The average Bonchev–Trinajstić information content (AvgIpc) is 3.44. The quantitative estimate of drug-likeness (QED) is 0.114. The van der Waals surface area contributed by atoms with Crippen molar-refractivity contribution in [3.05, 3.63) is 84.2 Å². The molecular formula is C47H57FN8O6. The number of rotatable bonds is 11. The number of carbonyl (C=O) groups is 3. The molecule has 3 aromatic carbocycles. The minimum Gasteiger partial charge on any atom is -0.507 e. The number of piperidine rings is 3. The summed E-state index contributed by atoms with van der Waals surface area (Å²) >= 11 is 0. The lowest BCUT2D eigenvalue weighted by Gasteiger charge is -2.40. The standard InChI is InChI=1S/C47H57FN8O6/c1-30-9-10-31(29-56(28-30)41-25-39(52-53-45(41)49)37-7-2-3-8-42(37)57)27-50-33-5-4-6-35(24-33)62-34-15-19-55(20-16-34)44(59)26-47(61)17-21-54(22-18-47)40-13-11-32(23-38(40)48)36-12-14-43(58)51-46(36)60/h2-8,11,13,23-25,30-31,34,36,50,57,61H,9-10,12,14-22,26-29H2,1H3,(H2,49,53)(H,51,58,60)/t30-,31-,36?/m1/s1. The topological polar surface area (TPSA) is 186 Å². The van der Waals surface area contributed by atoms with Gasteiger partial charge in [-0.2, -0.15) is 0 Å². The number of ether oxygens (including phenoxy) is 1. The maximum absolute atomic E-state index is 15.3. The molecule has 14 nitrogen and oxygen atoms in total. The summed E-state index contributed by atoms with van der Waals surface area (Å²) in [5.41, 5.74) is 9.13. The highest BCUT2D eigenvalue weighted by atomic mass is 19.1. The normalized spacial score (nSPS) is 22.2. The second kappa shape index (κ2) is 18.6. The van der Waals surface area contributed by atoms with E-state index in [0.29, 0.717) is 98.4 Å². The number of nitrogen functional groups attached to an aromatic ring is 1. The first kappa shape index (κ1) is 42.7. The smallest absolute Gasteiger partial charge is 0.234 e. The van der Waals surface area contributed by atoms with E-state index in [2.05, 4.69) is 32.7 Å². The minimum atomic E-state index is -1.18. The average molecular weight is 849 g/mol. The molecule has 0 spiro atoms. The Hall–Kier alpha value is -5.96. The summed E-state index contributed by atoms with van der Waals surface area (Å²) in [5, 5.41) is 36.4. The van der Waals surface area contributed by atoms with Crippen LogP contribution in [0.3, 0.4) is 0 Å². The SMILES string of the molecule is C[C@@H]1CC[C@H](CNc2cccc(OC3CCN(C(=O)CC4(O)CCN(c5ccc(C6CCC(=O)NC6=O)cc5F)CC4)CC3)c2)CN(c2cc(-c3ccccc3O)nnc2N)C1. The maximum atomic E-state index is 15.3. The third-order valence-electron chi connectivity index (χ3n) is 13.1. The number of amides is 3. The molecule has 4 fully saturated rings. The van der Waals surface area contributed by atoms with E-state index in [-0.39, 0.29) is 36.5 Å². The summed E-state index contributed by atoms with van der Waals surface area (Å²) in [7, 11) is 0. The summed E-state index contributed by atoms with van der Waals surface area (Å²) in [6.07, 6.45) is 4.70. The van der Waals surface area contributed by atoms with Crippen LogP contribution < -0.4 is 30.9 Å². The number of likely N-dealkylation sites (tertiary alicyclic amines) is 1. The molecule has 15 heteroatoms. The fourth-order valence-electron chi connectivity index (χ4n) is 9.39. The van der Waals surface area contributed by atoms with E-state index in [0.717, 1.165) is 49.6 Å². The third kappa shape index (κ3) is 10.0. The summed E-state index contributed by atoms with van der Waals surface area (Å²) in [4.78, 5) is 43.2. The molecule has 6 N–H and O–H groups in total. The minimum absolute atomic E-state index is 0.0147. The van der Waals surface area contributed by atoms with Gasteiger partial charge in [0.15, 0.2) is 5.82 Å². The number of benzene rings is 3. The second-order valence-corrected chi connectivity index (χ2v) is 17.7. The summed E-state index contributed by atoms with van der Waals surface area (Å²) in [5.74, 6) is 0.262. The Morgan fingerprint density at radius 2 is 1.71 bits per heavy atom. The van der Waals surface area contributed by atoms with Crippen LogP contribution in [0.4, 0.5) is 27.3 Å². The molecule has 4 saturated heterocycles. The van der Waals surface area contributed by atoms with E-state index in [4.69, 9.17) is 10.5 Å². The number of nitrogens with two attached hydrogens (primary N) is 1. The van der Waals surface area contributed by atoms with Gasteiger partial charge in [0.2, 0.25) is 17.7 Å². The number of aromatic nitrogens is 2. The van der Waals surface area contributed by atoms with Crippen LogP contribution >= 0.6 is 0 Å². The number of phenols is 1. The lowest BCUT2D eigenvalue weighted by molar-refractivity contribution is -0.139. The molecule has 62 heavy (non-hydrogen) atoms. The molecule has 5 heterocycles. The Bertz CT molecular complexity index is 2260. The van der Waals surface area contributed by atoms with Crippen molar-refractivity contribution in [2.24, 2.45) is 11.8 Å². The Morgan fingerprint density at radius 1 is 0.919 bits per heavy atom. The number of nitrogens with zero attached hydrogens (tertiary/aromatic N) is 5. The van der Waals surface area contributed by atoms with Gasteiger partial charge < -0.3 is 40.7 Å². The second-order valence-electron chi connectivity index (χ2n) is 17.7. The van der Waals surface area contributed by atoms with Crippen LogP contribution in [0, 0.1) is 17.7 Å². The zero-order valence-electron chi connectivity index (χ0n) is 35.3. The summed E-state index contributed by atoms with van der Waals surface area (Å²) in [6, 6.07) is 21.8. The highest BCUT2D eigenvalue weighted by molar-refractivity contribution is 6.01. The van der Waals surface area contributed by atoms with Gasteiger partial charge in [-0.3, -0.25) is 19.7 Å². The molecule has 4 aliphatic heterocycles. The number of phenolic OH excluding ortho intramolecular Hbond substituents is 1. The Morgan fingerprint density at radius 3 is 2.47 bits per heavy atom. The summed E-state index contributed by atoms with van der Waals surface area (Å²) in [6.45, 7) is 6.51. The number of halogens is 1. The van der Waals surface area contributed by atoms with Crippen molar-refractivity contribution in [2.75, 3.05) is 66.7 Å². The van der Waals surface area contributed by atoms with Gasteiger partial charge in [0.1, 0.15) is 23.4 Å². The molecular weight excluding hydrogens is 792 g/mol. The van der Waals surface area contributed by atoms with Gasteiger partial charge in [-0.15, -0.1) is 10.2 Å². The lowest BCUT2D eigenvalue weighted by atomic mass is 9.86. The molecule has 3 atom stereocenters. The van der Waals surface area contributed by atoms with E-state index < -0.39 is 23.2 Å². The molecule has 0 saturated carbocycles. The van der Waals surface area contributed by atoms with E-state index >= 15 is 4.39 Å². The predicted octanol–water partition coefficient (Wildman–Crippen LogP) is 5.85. The number of imide groups is 1. The van der Waals surface area contributed by atoms with E-state index in [1.807, 2.05) is 52.3 Å². The van der Waals surface area contributed by atoms with Crippen LogP contribution in [0.25, 0.3) is 11.3 Å². The first-order chi connectivity index (χ1) is 29.9. The zero-order chi connectivity index (χ0) is 43.4. The molecule has 1 aromatic heterocycles. The molecule has 0 radical (unpaired) electrons. The van der Waals surface area contributed by atoms with Crippen molar-refractivity contribution < 1.29 is 33.7 Å². The maximum Gasteiger partial charge on any atom is 0.234 e. The fourth-order valence-corrected chi connectivity index (χ4v) is 9.39. The first-order valence-electron chi connectivity index (χ1n) is 21.9. The number of hydrogen-bond donors (Lipinski definition) is 5. The lowest BCUT2D eigenvalue weighted by Crippen LogP contribution is -2.49.